The summed E-state index contributed by atoms with van der Waals surface area (Å²) in [5, 5.41) is 0. The lowest BCUT2D eigenvalue weighted by molar-refractivity contribution is 0.148. The standard InChI is InChI=1S/C17H29N/c1-17(2,3)14-16(15-10-6-4-7-11-15)18-12-8-5-9-13-18/h6,10-11,16H,4-5,7-9,12-14H2,1-3H3. The molecule has 0 aromatic heterocycles. The molecule has 0 radical (unpaired) electrons. The maximum Gasteiger partial charge on any atom is 0.0349 e. The van der Waals surface area contributed by atoms with Gasteiger partial charge in [-0.1, -0.05) is 45.4 Å². The van der Waals surface area contributed by atoms with Crippen molar-refractivity contribution in [2.45, 2.75) is 65.3 Å². The Morgan fingerprint density at radius 3 is 2.39 bits per heavy atom. The zero-order valence-corrected chi connectivity index (χ0v) is 12.4. The molecule has 0 aromatic rings. The van der Waals surface area contributed by atoms with Gasteiger partial charge in [-0.2, -0.15) is 0 Å². The first kappa shape index (κ1) is 13.9. The van der Waals surface area contributed by atoms with Gasteiger partial charge in [0.25, 0.3) is 0 Å². The zero-order valence-electron chi connectivity index (χ0n) is 12.4. The fraction of sp³-hybridized carbons (Fsp3) is 0.765. The quantitative estimate of drug-likeness (QED) is 0.707. The summed E-state index contributed by atoms with van der Waals surface area (Å²) in [4.78, 5) is 2.73. The van der Waals surface area contributed by atoms with Crippen molar-refractivity contribution in [3.05, 3.63) is 23.8 Å². The minimum absolute atomic E-state index is 0.411. The number of rotatable bonds is 3. The first-order chi connectivity index (χ1) is 8.56. The summed E-state index contributed by atoms with van der Waals surface area (Å²) >= 11 is 0. The van der Waals surface area contributed by atoms with Crippen molar-refractivity contribution >= 4 is 0 Å². The SMILES string of the molecule is CC(C)(C)CC(C1=CCCC=C1)N1CCCCC1. The van der Waals surface area contributed by atoms with Crippen LogP contribution in [0.1, 0.15) is 59.3 Å². The normalized spacial score (nSPS) is 23.8. The highest BCUT2D eigenvalue weighted by atomic mass is 15.2. The minimum Gasteiger partial charge on any atom is -0.296 e. The van der Waals surface area contributed by atoms with Crippen molar-refractivity contribution in [2.24, 2.45) is 5.41 Å². The van der Waals surface area contributed by atoms with Gasteiger partial charge in [-0.15, -0.1) is 0 Å². The molecule has 18 heavy (non-hydrogen) atoms. The van der Waals surface area contributed by atoms with Gasteiger partial charge < -0.3 is 0 Å². The van der Waals surface area contributed by atoms with Crippen molar-refractivity contribution in [1.82, 2.24) is 4.90 Å². The van der Waals surface area contributed by atoms with E-state index in [0.717, 1.165) is 0 Å². The van der Waals surface area contributed by atoms with Crippen LogP contribution < -0.4 is 0 Å². The second-order valence-electron chi connectivity index (χ2n) is 7.06. The molecule has 0 spiro atoms. The molecule has 0 aromatic carbocycles. The van der Waals surface area contributed by atoms with Gasteiger partial charge in [0.2, 0.25) is 0 Å². The molecule has 1 saturated heterocycles. The van der Waals surface area contributed by atoms with Crippen molar-refractivity contribution in [3.63, 3.8) is 0 Å². The maximum atomic E-state index is 2.73. The Bertz CT molecular complexity index is 313. The molecular formula is C17H29N. The van der Waals surface area contributed by atoms with Crippen LogP contribution >= 0.6 is 0 Å². The lowest BCUT2D eigenvalue weighted by Crippen LogP contribution is -2.42. The first-order valence-corrected chi connectivity index (χ1v) is 7.67. The number of likely N-dealkylation sites (tertiary alicyclic amines) is 1. The Kier molecular flexibility index (Phi) is 4.66. The monoisotopic (exact) mass is 247 g/mol. The van der Waals surface area contributed by atoms with E-state index in [-0.39, 0.29) is 0 Å². The van der Waals surface area contributed by atoms with Gasteiger partial charge in [-0.05, 0) is 56.2 Å². The smallest absolute Gasteiger partial charge is 0.0349 e. The van der Waals surface area contributed by atoms with Crippen LogP contribution in [0.5, 0.6) is 0 Å². The third kappa shape index (κ3) is 3.98. The average Bonchev–Trinajstić information content (AvgIpc) is 2.37. The predicted molar refractivity (Wildman–Crippen MR) is 79.7 cm³/mol. The van der Waals surface area contributed by atoms with Crippen LogP contribution in [0.2, 0.25) is 0 Å². The van der Waals surface area contributed by atoms with Crippen LogP contribution in [-0.4, -0.2) is 24.0 Å². The molecule has 0 amide bonds. The van der Waals surface area contributed by atoms with Gasteiger partial charge in [0.15, 0.2) is 0 Å². The van der Waals surface area contributed by atoms with Crippen LogP contribution in [0.25, 0.3) is 0 Å². The summed E-state index contributed by atoms with van der Waals surface area (Å²) < 4.78 is 0. The van der Waals surface area contributed by atoms with E-state index in [4.69, 9.17) is 0 Å². The van der Waals surface area contributed by atoms with E-state index in [0.29, 0.717) is 11.5 Å². The highest BCUT2D eigenvalue weighted by Gasteiger charge is 2.27. The van der Waals surface area contributed by atoms with Gasteiger partial charge in [0.05, 0.1) is 0 Å². The molecule has 1 aliphatic carbocycles. The number of hydrogen-bond donors (Lipinski definition) is 0. The fourth-order valence-electron chi connectivity index (χ4n) is 3.15. The minimum atomic E-state index is 0.411. The second-order valence-corrected chi connectivity index (χ2v) is 7.06. The first-order valence-electron chi connectivity index (χ1n) is 7.67. The summed E-state index contributed by atoms with van der Waals surface area (Å²) in [6, 6.07) is 0.654. The zero-order chi connectivity index (χ0) is 13.0. The Balaban J connectivity index is 2.11. The highest BCUT2D eigenvalue weighted by molar-refractivity contribution is 5.28. The van der Waals surface area contributed by atoms with E-state index in [1.54, 1.807) is 5.57 Å². The van der Waals surface area contributed by atoms with E-state index in [1.165, 1.54) is 51.6 Å². The number of piperidine rings is 1. The molecule has 102 valence electrons. The summed E-state index contributed by atoms with van der Waals surface area (Å²) in [5.41, 5.74) is 1.99. The Hall–Kier alpha value is -0.560. The van der Waals surface area contributed by atoms with Crippen LogP contribution in [0.15, 0.2) is 23.8 Å². The van der Waals surface area contributed by atoms with Gasteiger partial charge in [0, 0.05) is 6.04 Å². The van der Waals surface area contributed by atoms with Crippen molar-refractivity contribution in [1.29, 1.82) is 0 Å². The summed E-state index contributed by atoms with van der Waals surface area (Å²) in [6.45, 7) is 9.71. The maximum absolute atomic E-state index is 2.73. The molecule has 1 heterocycles. The van der Waals surface area contributed by atoms with Gasteiger partial charge in [-0.3, -0.25) is 4.90 Å². The van der Waals surface area contributed by atoms with Crippen LogP contribution in [0.4, 0.5) is 0 Å². The second kappa shape index (κ2) is 6.06. The summed E-state index contributed by atoms with van der Waals surface area (Å²) in [7, 11) is 0. The predicted octanol–water partition coefficient (Wildman–Crippen LogP) is 4.55. The Labute approximate surface area is 113 Å². The molecule has 1 unspecified atom stereocenters. The van der Waals surface area contributed by atoms with E-state index >= 15 is 0 Å². The molecule has 0 N–H and O–H groups in total. The molecule has 1 fully saturated rings. The molecule has 2 rings (SSSR count). The van der Waals surface area contributed by atoms with Crippen LogP contribution in [0, 0.1) is 5.41 Å². The Morgan fingerprint density at radius 2 is 1.83 bits per heavy atom. The van der Waals surface area contributed by atoms with Crippen molar-refractivity contribution in [2.75, 3.05) is 13.1 Å². The van der Waals surface area contributed by atoms with E-state index in [2.05, 4.69) is 43.9 Å². The van der Waals surface area contributed by atoms with E-state index < -0.39 is 0 Å². The number of allylic oxidation sites excluding steroid dienone is 2. The molecule has 1 aliphatic heterocycles. The molecule has 0 bridgehead atoms. The van der Waals surface area contributed by atoms with Crippen molar-refractivity contribution in [3.8, 4) is 0 Å². The topological polar surface area (TPSA) is 3.24 Å². The van der Waals surface area contributed by atoms with Crippen molar-refractivity contribution < 1.29 is 0 Å². The summed E-state index contributed by atoms with van der Waals surface area (Å²) in [6.07, 6.45) is 15.2. The Morgan fingerprint density at radius 1 is 1.11 bits per heavy atom. The molecular weight excluding hydrogens is 218 g/mol. The third-order valence-corrected chi connectivity index (χ3v) is 4.05. The van der Waals surface area contributed by atoms with Gasteiger partial charge in [0.1, 0.15) is 0 Å². The fourth-order valence-corrected chi connectivity index (χ4v) is 3.15. The van der Waals surface area contributed by atoms with Gasteiger partial charge in [-0.25, -0.2) is 0 Å². The summed E-state index contributed by atoms with van der Waals surface area (Å²) in [5.74, 6) is 0. The van der Waals surface area contributed by atoms with E-state index in [9.17, 15) is 0 Å². The van der Waals surface area contributed by atoms with Crippen LogP contribution in [0.3, 0.4) is 0 Å². The molecule has 1 heteroatoms. The number of hydrogen-bond acceptors (Lipinski definition) is 1. The lowest BCUT2D eigenvalue weighted by Gasteiger charge is -2.39. The van der Waals surface area contributed by atoms with E-state index in [1.807, 2.05) is 0 Å². The average molecular weight is 247 g/mol. The third-order valence-electron chi connectivity index (χ3n) is 4.05. The highest BCUT2D eigenvalue weighted by Crippen LogP contribution is 2.31. The van der Waals surface area contributed by atoms with Crippen LogP contribution in [-0.2, 0) is 0 Å². The largest absolute Gasteiger partial charge is 0.296 e. The molecule has 0 saturated carbocycles. The molecule has 1 atom stereocenters. The lowest BCUT2D eigenvalue weighted by atomic mass is 9.83. The molecule has 2 aliphatic rings. The number of nitrogens with zero attached hydrogens (tertiary/aromatic N) is 1. The van der Waals surface area contributed by atoms with Gasteiger partial charge >= 0.3 is 0 Å². The molecule has 1 nitrogen and oxygen atoms in total.